The van der Waals surface area contributed by atoms with E-state index in [1.165, 1.54) is 5.56 Å². The van der Waals surface area contributed by atoms with Crippen molar-refractivity contribution in [3.63, 3.8) is 0 Å². The van der Waals surface area contributed by atoms with Crippen LogP contribution in [-0.4, -0.2) is 35.7 Å². The molecule has 5 heteroatoms. The van der Waals surface area contributed by atoms with Gasteiger partial charge in [-0.2, -0.15) is 0 Å². The number of hydrogen-bond donors (Lipinski definition) is 1. The molecular weight excluding hydrogens is 364 g/mol. The van der Waals surface area contributed by atoms with E-state index in [0.29, 0.717) is 18.4 Å². The van der Waals surface area contributed by atoms with Crippen molar-refractivity contribution in [3.8, 4) is 0 Å². The minimum atomic E-state index is -0.0321. The lowest BCUT2D eigenvalue weighted by atomic mass is 9.89. The molecule has 0 bridgehead atoms. The summed E-state index contributed by atoms with van der Waals surface area (Å²) in [5, 5.41) is -0.0321. The molecule has 3 atom stereocenters. The summed E-state index contributed by atoms with van der Waals surface area (Å²) < 4.78 is 0. The molecule has 2 aromatic carbocycles. The predicted molar refractivity (Wildman–Crippen MR) is 112 cm³/mol. The van der Waals surface area contributed by atoms with Crippen LogP contribution in [0, 0.1) is 5.92 Å². The number of hydrogen-bond acceptors (Lipinski definition) is 3. The molecule has 0 saturated carbocycles. The van der Waals surface area contributed by atoms with Crippen molar-refractivity contribution in [1.82, 2.24) is 4.90 Å². The van der Waals surface area contributed by atoms with Gasteiger partial charge in [0.1, 0.15) is 0 Å². The fraction of sp³-hybridized carbons (Fsp3) is 0.381. The Labute approximate surface area is 166 Å². The zero-order valence-electron chi connectivity index (χ0n) is 15.1. The van der Waals surface area contributed by atoms with Crippen LogP contribution < -0.4 is 5.73 Å². The summed E-state index contributed by atoms with van der Waals surface area (Å²) >= 11 is 1.67. The Morgan fingerprint density at radius 1 is 1.12 bits per heavy atom. The number of halogens is 1. The fourth-order valence-electron chi connectivity index (χ4n) is 3.54. The van der Waals surface area contributed by atoms with Crippen LogP contribution in [0.2, 0.25) is 0 Å². The van der Waals surface area contributed by atoms with Crippen molar-refractivity contribution in [2.45, 2.75) is 29.4 Å². The molecular formula is C21H27ClN2OS. The molecule has 1 amide bonds. The lowest BCUT2D eigenvalue weighted by Gasteiger charge is -2.22. The van der Waals surface area contributed by atoms with Crippen molar-refractivity contribution in [2.75, 3.05) is 19.6 Å². The lowest BCUT2D eigenvalue weighted by Crippen LogP contribution is -2.36. The molecule has 2 N–H and O–H groups in total. The molecule has 1 unspecified atom stereocenters. The van der Waals surface area contributed by atoms with Gasteiger partial charge in [-0.05, 0) is 36.6 Å². The summed E-state index contributed by atoms with van der Waals surface area (Å²) in [4.78, 5) is 16.3. The maximum Gasteiger partial charge on any atom is 0.236 e. The Kier molecular flexibility index (Phi) is 8.01. The molecule has 2 aromatic rings. The Morgan fingerprint density at radius 2 is 1.73 bits per heavy atom. The fourth-order valence-corrected chi connectivity index (χ4v) is 4.60. The van der Waals surface area contributed by atoms with Gasteiger partial charge in [0.05, 0.1) is 5.25 Å². The second-order valence-corrected chi connectivity index (χ2v) is 7.86. The first kappa shape index (κ1) is 20.8. The van der Waals surface area contributed by atoms with E-state index in [0.717, 1.165) is 24.4 Å². The highest BCUT2D eigenvalue weighted by molar-refractivity contribution is 8.00. The van der Waals surface area contributed by atoms with Crippen LogP contribution in [0.4, 0.5) is 0 Å². The first-order valence-electron chi connectivity index (χ1n) is 8.98. The van der Waals surface area contributed by atoms with E-state index in [1.54, 1.807) is 11.8 Å². The highest BCUT2D eigenvalue weighted by Gasteiger charge is 2.37. The second kappa shape index (κ2) is 10.0. The van der Waals surface area contributed by atoms with Gasteiger partial charge in [0.2, 0.25) is 5.91 Å². The Bertz CT molecular complexity index is 683. The van der Waals surface area contributed by atoms with E-state index in [2.05, 4.69) is 43.3 Å². The maximum atomic E-state index is 13.1. The number of carbonyl (C=O) groups excluding carboxylic acids is 1. The summed E-state index contributed by atoms with van der Waals surface area (Å²) in [6.07, 6.45) is 0.832. The third-order valence-corrected chi connectivity index (χ3v) is 6.31. The molecule has 1 aliphatic rings. The second-order valence-electron chi connectivity index (χ2n) is 6.58. The average molecular weight is 391 g/mol. The first-order valence-corrected chi connectivity index (χ1v) is 9.86. The predicted octanol–water partition coefficient (Wildman–Crippen LogP) is 4.18. The van der Waals surface area contributed by atoms with Gasteiger partial charge in [0.15, 0.2) is 0 Å². The van der Waals surface area contributed by atoms with Gasteiger partial charge in [0.25, 0.3) is 0 Å². The molecule has 0 spiro atoms. The molecule has 140 valence electrons. The molecule has 1 fully saturated rings. The van der Waals surface area contributed by atoms with Gasteiger partial charge in [-0.1, -0.05) is 55.5 Å². The number of carbonyl (C=O) groups is 1. The Hall–Kier alpha value is -1.49. The summed E-state index contributed by atoms with van der Waals surface area (Å²) in [6.45, 7) is 4.24. The minimum Gasteiger partial charge on any atom is -0.341 e. The molecule has 0 radical (unpaired) electrons. The third kappa shape index (κ3) is 4.81. The monoisotopic (exact) mass is 390 g/mol. The Balaban J connectivity index is 0.00000243. The van der Waals surface area contributed by atoms with Crippen molar-refractivity contribution in [3.05, 3.63) is 66.2 Å². The van der Waals surface area contributed by atoms with Crippen molar-refractivity contribution < 1.29 is 4.79 Å². The van der Waals surface area contributed by atoms with Crippen LogP contribution >= 0.6 is 24.2 Å². The van der Waals surface area contributed by atoms with Gasteiger partial charge >= 0.3 is 0 Å². The normalized spacial score (nSPS) is 20.5. The molecule has 0 aliphatic carbocycles. The van der Waals surface area contributed by atoms with E-state index in [1.807, 2.05) is 29.2 Å². The van der Waals surface area contributed by atoms with E-state index in [9.17, 15) is 4.79 Å². The SMILES string of the molecule is CCC(Sc1ccccc1)C(=O)N1C[C@@H](CN)[C@H](c2ccccc2)C1.Cl. The lowest BCUT2D eigenvalue weighted by molar-refractivity contribution is -0.129. The number of benzene rings is 2. The van der Waals surface area contributed by atoms with Crippen LogP contribution in [0.5, 0.6) is 0 Å². The van der Waals surface area contributed by atoms with Crippen LogP contribution in [0.15, 0.2) is 65.6 Å². The molecule has 1 saturated heterocycles. The third-order valence-electron chi connectivity index (χ3n) is 4.95. The molecule has 0 aromatic heterocycles. The average Bonchev–Trinajstić information content (AvgIpc) is 3.11. The van der Waals surface area contributed by atoms with Gasteiger partial charge in [-0.15, -0.1) is 24.2 Å². The maximum absolute atomic E-state index is 13.1. The summed E-state index contributed by atoms with van der Waals surface area (Å²) in [5.41, 5.74) is 7.30. The number of amides is 1. The number of nitrogens with two attached hydrogens (primary N) is 1. The van der Waals surface area contributed by atoms with Crippen LogP contribution in [0.25, 0.3) is 0 Å². The topological polar surface area (TPSA) is 46.3 Å². The van der Waals surface area contributed by atoms with Gasteiger partial charge in [-0.25, -0.2) is 0 Å². The number of likely N-dealkylation sites (tertiary alicyclic amines) is 1. The van der Waals surface area contributed by atoms with Crippen LogP contribution in [0.3, 0.4) is 0 Å². The summed E-state index contributed by atoms with van der Waals surface area (Å²) in [5.74, 6) is 0.924. The number of rotatable bonds is 6. The van der Waals surface area contributed by atoms with Gasteiger partial charge < -0.3 is 10.6 Å². The quantitative estimate of drug-likeness (QED) is 0.752. The number of thioether (sulfide) groups is 1. The Morgan fingerprint density at radius 3 is 2.31 bits per heavy atom. The highest BCUT2D eigenvalue weighted by Crippen LogP contribution is 2.34. The molecule has 26 heavy (non-hydrogen) atoms. The van der Waals surface area contributed by atoms with Crippen molar-refractivity contribution in [1.29, 1.82) is 0 Å². The van der Waals surface area contributed by atoms with E-state index in [4.69, 9.17) is 5.73 Å². The summed E-state index contributed by atoms with van der Waals surface area (Å²) in [7, 11) is 0. The van der Waals surface area contributed by atoms with E-state index < -0.39 is 0 Å². The van der Waals surface area contributed by atoms with Crippen molar-refractivity contribution in [2.24, 2.45) is 11.7 Å². The standard InChI is InChI=1S/C21H26N2OS.ClH/c1-2-20(25-18-11-7-4-8-12-18)21(24)23-14-17(13-22)19(15-23)16-9-5-3-6-10-16;/h3-12,17,19-20H,2,13-15,22H2,1H3;1H/t17-,19+,20?;/m1./s1. The zero-order chi connectivity index (χ0) is 17.6. The van der Waals surface area contributed by atoms with Crippen LogP contribution in [0.1, 0.15) is 24.8 Å². The number of nitrogens with zero attached hydrogens (tertiary/aromatic N) is 1. The minimum absolute atomic E-state index is 0. The molecule has 1 heterocycles. The largest absolute Gasteiger partial charge is 0.341 e. The first-order chi connectivity index (χ1) is 12.2. The molecule has 1 aliphatic heterocycles. The van der Waals surface area contributed by atoms with E-state index in [-0.39, 0.29) is 23.6 Å². The molecule has 3 rings (SSSR count). The molecule has 3 nitrogen and oxygen atoms in total. The van der Waals surface area contributed by atoms with Crippen LogP contribution in [-0.2, 0) is 4.79 Å². The highest BCUT2D eigenvalue weighted by atomic mass is 35.5. The van der Waals surface area contributed by atoms with Gasteiger partial charge in [-0.3, -0.25) is 4.79 Å². The van der Waals surface area contributed by atoms with Gasteiger partial charge in [0, 0.05) is 23.9 Å². The van der Waals surface area contributed by atoms with E-state index >= 15 is 0 Å². The summed E-state index contributed by atoms with van der Waals surface area (Å²) in [6, 6.07) is 20.6. The smallest absolute Gasteiger partial charge is 0.236 e. The zero-order valence-corrected chi connectivity index (χ0v) is 16.7. The van der Waals surface area contributed by atoms with Crippen molar-refractivity contribution >= 4 is 30.1 Å².